The summed E-state index contributed by atoms with van der Waals surface area (Å²) in [5, 5.41) is 10.9. The van der Waals surface area contributed by atoms with Gasteiger partial charge in [-0.25, -0.2) is 4.98 Å². The Balaban J connectivity index is 1.50. The van der Waals surface area contributed by atoms with Crippen molar-refractivity contribution in [1.29, 1.82) is 0 Å². The third kappa shape index (κ3) is 5.56. The number of piperazine rings is 1. The van der Waals surface area contributed by atoms with Gasteiger partial charge >= 0.3 is 5.97 Å². The highest BCUT2D eigenvalue weighted by Gasteiger charge is 2.29. The van der Waals surface area contributed by atoms with Crippen molar-refractivity contribution in [3.8, 4) is 0 Å². The molecule has 0 bridgehead atoms. The Morgan fingerprint density at radius 2 is 2.03 bits per heavy atom. The van der Waals surface area contributed by atoms with Crippen LogP contribution < -0.4 is 4.90 Å². The van der Waals surface area contributed by atoms with Crippen molar-refractivity contribution in [2.45, 2.75) is 39.3 Å². The van der Waals surface area contributed by atoms with Crippen LogP contribution in [0.15, 0.2) is 42.5 Å². The largest absolute Gasteiger partial charge is 0.481 e. The van der Waals surface area contributed by atoms with Crippen molar-refractivity contribution in [1.82, 2.24) is 9.88 Å². The lowest BCUT2D eigenvalue weighted by atomic mass is 10.00. The average molecular weight is 458 g/mol. The minimum Gasteiger partial charge on any atom is -0.481 e. The molecule has 5 nitrogen and oxygen atoms in total. The van der Waals surface area contributed by atoms with Crippen molar-refractivity contribution in [3.05, 3.63) is 58.6 Å². The van der Waals surface area contributed by atoms with Gasteiger partial charge in [0.15, 0.2) is 5.13 Å². The van der Waals surface area contributed by atoms with Gasteiger partial charge in [0, 0.05) is 37.2 Å². The molecule has 1 atom stereocenters. The summed E-state index contributed by atoms with van der Waals surface area (Å²) in [5.41, 5.74) is 3.03. The zero-order valence-corrected chi connectivity index (χ0v) is 19.5. The maximum atomic E-state index is 11.0. The van der Waals surface area contributed by atoms with Gasteiger partial charge in [0.05, 0.1) is 16.6 Å². The van der Waals surface area contributed by atoms with Gasteiger partial charge in [0.1, 0.15) is 0 Å². The molecule has 1 N–H and O–H groups in total. The second-order valence-corrected chi connectivity index (χ2v) is 10.2. The van der Waals surface area contributed by atoms with Crippen LogP contribution in [-0.2, 0) is 17.8 Å². The molecule has 31 heavy (non-hydrogen) atoms. The molecule has 0 radical (unpaired) electrons. The summed E-state index contributed by atoms with van der Waals surface area (Å²) in [6.07, 6.45) is 1.17. The molecule has 7 heteroatoms. The van der Waals surface area contributed by atoms with Crippen LogP contribution in [-0.4, -0.2) is 46.6 Å². The van der Waals surface area contributed by atoms with Crippen LogP contribution in [0.2, 0.25) is 5.02 Å². The van der Waals surface area contributed by atoms with Gasteiger partial charge in [-0.1, -0.05) is 61.1 Å². The smallest absolute Gasteiger partial charge is 0.307 e. The first-order valence-corrected chi connectivity index (χ1v) is 11.9. The normalized spacial score (nSPS) is 17.5. The number of halogens is 1. The van der Waals surface area contributed by atoms with E-state index in [4.69, 9.17) is 21.7 Å². The van der Waals surface area contributed by atoms with Gasteiger partial charge in [-0.15, -0.1) is 0 Å². The summed E-state index contributed by atoms with van der Waals surface area (Å²) in [7, 11) is 0. The Kier molecular flexibility index (Phi) is 6.80. The van der Waals surface area contributed by atoms with E-state index in [0.717, 1.165) is 58.5 Å². The zero-order valence-electron chi connectivity index (χ0n) is 17.9. The number of aromatic nitrogens is 1. The van der Waals surface area contributed by atoms with Crippen molar-refractivity contribution >= 4 is 44.3 Å². The van der Waals surface area contributed by atoms with Crippen LogP contribution in [0.3, 0.4) is 0 Å². The van der Waals surface area contributed by atoms with E-state index < -0.39 is 5.97 Å². The molecule has 0 unspecified atom stereocenters. The summed E-state index contributed by atoms with van der Waals surface area (Å²) < 4.78 is 1.13. The van der Waals surface area contributed by atoms with Crippen LogP contribution in [0.25, 0.3) is 10.2 Å². The fourth-order valence-corrected chi connectivity index (χ4v) is 5.68. The summed E-state index contributed by atoms with van der Waals surface area (Å²) >= 11 is 7.89. The third-order valence-corrected chi connectivity index (χ3v) is 6.94. The quantitative estimate of drug-likeness (QED) is 0.520. The maximum Gasteiger partial charge on any atom is 0.307 e. The number of carboxylic acids is 1. The molecule has 1 aliphatic heterocycles. The average Bonchev–Trinajstić information content (AvgIpc) is 3.10. The Labute approximate surface area is 192 Å². The predicted molar refractivity (Wildman–Crippen MR) is 128 cm³/mol. The first kappa shape index (κ1) is 22.1. The highest BCUT2D eigenvalue weighted by molar-refractivity contribution is 7.22. The monoisotopic (exact) mass is 457 g/mol. The summed E-state index contributed by atoms with van der Waals surface area (Å²) in [6.45, 7) is 8.23. The fourth-order valence-electron chi connectivity index (χ4n) is 4.34. The highest BCUT2D eigenvalue weighted by Crippen LogP contribution is 2.34. The maximum absolute atomic E-state index is 11.0. The summed E-state index contributed by atoms with van der Waals surface area (Å²) in [5.74, 6) is -0.199. The first-order valence-electron chi connectivity index (χ1n) is 10.7. The van der Waals surface area contributed by atoms with Crippen LogP contribution in [0.5, 0.6) is 0 Å². The lowest BCUT2D eigenvalue weighted by molar-refractivity contribution is -0.136. The van der Waals surface area contributed by atoms with E-state index in [-0.39, 0.29) is 6.42 Å². The minimum atomic E-state index is -0.792. The number of anilines is 1. The van der Waals surface area contributed by atoms with E-state index in [2.05, 4.69) is 29.7 Å². The van der Waals surface area contributed by atoms with Crippen LogP contribution in [0.1, 0.15) is 31.4 Å². The van der Waals surface area contributed by atoms with E-state index in [1.54, 1.807) is 11.3 Å². The molecule has 2 aromatic carbocycles. The fraction of sp³-hybridized carbons (Fsp3) is 0.417. The van der Waals surface area contributed by atoms with Gasteiger partial charge in [-0.2, -0.15) is 0 Å². The third-order valence-electron chi connectivity index (χ3n) is 5.65. The Morgan fingerprint density at radius 1 is 1.23 bits per heavy atom. The molecular weight excluding hydrogens is 430 g/mol. The van der Waals surface area contributed by atoms with Crippen LogP contribution in [0, 0.1) is 5.92 Å². The molecule has 0 aliphatic carbocycles. The lowest BCUT2D eigenvalue weighted by Crippen LogP contribution is -2.53. The summed E-state index contributed by atoms with van der Waals surface area (Å²) in [4.78, 5) is 20.9. The number of thiazole rings is 1. The Bertz CT molecular complexity index is 1070. The molecule has 0 spiro atoms. The number of hydrogen-bond acceptors (Lipinski definition) is 5. The van der Waals surface area contributed by atoms with Gasteiger partial charge < -0.3 is 10.0 Å². The molecule has 1 aromatic heterocycles. The zero-order chi connectivity index (χ0) is 22.0. The topological polar surface area (TPSA) is 56.7 Å². The predicted octanol–water partition coefficient (Wildman–Crippen LogP) is 5.31. The van der Waals surface area contributed by atoms with Gasteiger partial charge in [0.25, 0.3) is 0 Å². The van der Waals surface area contributed by atoms with Gasteiger partial charge in [-0.05, 0) is 41.7 Å². The number of rotatable bonds is 7. The number of hydrogen-bond donors (Lipinski definition) is 1. The second-order valence-electron chi connectivity index (χ2n) is 8.71. The van der Waals surface area contributed by atoms with Gasteiger partial charge in [0.2, 0.25) is 0 Å². The number of benzene rings is 2. The molecule has 0 saturated carbocycles. The van der Waals surface area contributed by atoms with Crippen molar-refractivity contribution in [2.24, 2.45) is 5.92 Å². The minimum absolute atomic E-state index is 0.0687. The molecule has 2 heterocycles. The number of carboxylic acid groups (broad SMARTS) is 1. The SMILES string of the molecule is CC(C)C[C@H]1CN(Cc2cccc(CC(=O)O)c2)CCN1c1nc2ccc(Cl)cc2s1. The molecule has 1 fully saturated rings. The molecular formula is C24H28ClN3O2S. The first-order chi connectivity index (χ1) is 14.9. The Morgan fingerprint density at radius 3 is 2.81 bits per heavy atom. The van der Waals surface area contributed by atoms with Gasteiger partial charge in [-0.3, -0.25) is 9.69 Å². The molecule has 0 amide bonds. The van der Waals surface area contributed by atoms with E-state index in [1.165, 1.54) is 5.56 Å². The molecule has 4 rings (SSSR count). The van der Waals surface area contributed by atoms with Crippen molar-refractivity contribution in [2.75, 3.05) is 24.5 Å². The lowest BCUT2D eigenvalue weighted by Gasteiger charge is -2.42. The molecule has 164 valence electrons. The van der Waals surface area contributed by atoms with Crippen molar-refractivity contribution < 1.29 is 9.90 Å². The van der Waals surface area contributed by atoms with Crippen molar-refractivity contribution in [3.63, 3.8) is 0 Å². The number of nitrogens with zero attached hydrogens (tertiary/aromatic N) is 3. The standard InChI is InChI=1S/C24H28ClN3O2S/c1-16(2)10-20-15-27(14-18-5-3-4-17(11-18)12-23(29)30)8-9-28(20)24-26-21-7-6-19(25)13-22(21)31-24/h3-7,11,13,16,20H,8-10,12,14-15H2,1-2H3,(H,29,30)/t20-/m0/s1. The van der Waals surface area contributed by atoms with Crippen LogP contribution in [0.4, 0.5) is 5.13 Å². The second kappa shape index (κ2) is 9.55. The number of carbonyl (C=O) groups is 1. The molecule has 1 aliphatic rings. The van der Waals surface area contributed by atoms with E-state index in [1.807, 2.05) is 36.4 Å². The van der Waals surface area contributed by atoms with E-state index >= 15 is 0 Å². The highest BCUT2D eigenvalue weighted by atomic mass is 35.5. The Hall–Kier alpha value is -2.15. The van der Waals surface area contributed by atoms with E-state index in [9.17, 15) is 4.79 Å². The van der Waals surface area contributed by atoms with Crippen LogP contribution >= 0.6 is 22.9 Å². The number of fused-ring (bicyclic) bond motifs is 1. The number of aliphatic carboxylic acids is 1. The van der Waals surface area contributed by atoms with E-state index in [0.29, 0.717) is 12.0 Å². The molecule has 1 saturated heterocycles. The molecule has 3 aromatic rings. The summed E-state index contributed by atoms with van der Waals surface area (Å²) in [6, 6.07) is 14.2.